The zero-order chi connectivity index (χ0) is 11.5. The van der Waals surface area contributed by atoms with Gasteiger partial charge in [0.25, 0.3) is 5.69 Å². The number of hydrogen-bond donors (Lipinski definition) is 1. The summed E-state index contributed by atoms with van der Waals surface area (Å²) in [5.74, 6) is 0. The van der Waals surface area contributed by atoms with Crippen LogP contribution in [0.3, 0.4) is 0 Å². The van der Waals surface area contributed by atoms with Crippen LogP contribution in [0.25, 0.3) is 0 Å². The topological polar surface area (TPSA) is 69.2 Å². The van der Waals surface area contributed by atoms with E-state index in [1.54, 1.807) is 24.3 Å². The van der Waals surface area contributed by atoms with E-state index in [1.807, 2.05) is 5.38 Å². The smallest absolute Gasteiger partial charge is 0.283 e. The van der Waals surface area contributed by atoms with Crippen molar-refractivity contribution in [2.75, 3.05) is 5.73 Å². The predicted octanol–water partition coefficient (Wildman–Crippen LogP) is 3.39. The molecule has 0 saturated heterocycles. The van der Waals surface area contributed by atoms with Gasteiger partial charge in [0.2, 0.25) is 0 Å². The van der Waals surface area contributed by atoms with E-state index in [4.69, 9.17) is 5.73 Å². The first-order chi connectivity index (χ1) is 7.68. The first kappa shape index (κ1) is 11.0. The van der Waals surface area contributed by atoms with E-state index in [9.17, 15) is 10.1 Å². The Morgan fingerprint density at radius 1 is 1.31 bits per heavy atom. The highest BCUT2D eigenvalue weighted by Gasteiger charge is 2.14. The Kier molecular flexibility index (Phi) is 3.12. The summed E-state index contributed by atoms with van der Waals surface area (Å²) in [6.07, 6.45) is 0. The summed E-state index contributed by atoms with van der Waals surface area (Å²) in [4.78, 5) is 11.0. The van der Waals surface area contributed by atoms with Crippen LogP contribution in [0.2, 0.25) is 0 Å². The van der Waals surface area contributed by atoms with Gasteiger partial charge < -0.3 is 5.73 Å². The lowest BCUT2D eigenvalue weighted by Gasteiger charge is -2.01. The molecular formula is C10H8N2O2S2. The maximum atomic E-state index is 10.8. The van der Waals surface area contributed by atoms with E-state index in [1.165, 1.54) is 29.2 Å². The second-order valence-electron chi connectivity index (χ2n) is 2.99. The third kappa shape index (κ3) is 2.17. The predicted molar refractivity (Wildman–Crippen MR) is 66.0 cm³/mol. The lowest BCUT2D eigenvalue weighted by atomic mass is 10.3. The van der Waals surface area contributed by atoms with Gasteiger partial charge >= 0.3 is 0 Å². The fourth-order valence-electron chi connectivity index (χ4n) is 1.18. The zero-order valence-corrected chi connectivity index (χ0v) is 9.75. The van der Waals surface area contributed by atoms with Gasteiger partial charge in [0.05, 0.1) is 19.7 Å². The first-order valence-corrected chi connectivity index (χ1v) is 6.12. The largest absolute Gasteiger partial charge is 0.397 e. The van der Waals surface area contributed by atoms with E-state index in [-0.39, 0.29) is 10.6 Å². The molecule has 2 aromatic rings. The van der Waals surface area contributed by atoms with Crippen molar-refractivity contribution in [3.8, 4) is 0 Å². The fourth-order valence-corrected chi connectivity index (χ4v) is 3.13. The lowest BCUT2D eigenvalue weighted by molar-refractivity contribution is -0.387. The second-order valence-corrected chi connectivity index (χ2v) is 5.22. The van der Waals surface area contributed by atoms with Crippen molar-refractivity contribution in [3.05, 3.63) is 45.8 Å². The van der Waals surface area contributed by atoms with Gasteiger partial charge in [-0.15, -0.1) is 11.3 Å². The minimum absolute atomic E-state index is 0.111. The molecule has 1 heterocycles. The molecule has 4 nitrogen and oxygen atoms in total. The number of para-hydroxylation sites is 1. The molecule has 2 N–H and O–H groups in total. The van der Waals surface area contributed by atoms with E-state index in [0.29, 0.717) is 10.6 Å². The van der Waals surface area contributed by atoms with Crippen LogP contribution < -0.4 is 5.73 Å². The lowest BCUT2D eigenvalue weighted by Crippen LogP contribution is -1.90. The van der Waals surface area contributed by atoms with E-state index >= 15 is 0 Å². The number of nitrogens with zero attached hydrogens (tertiary/aromatic N) is 1. The molecule has 0 aliphatic rings. The zero-order valence-electron chi connectivity index (χ0n) is 8.12. The van der Waals surface area contributed by atoms with Gasteiger partial charge in [-0.05, 0) is 17.5 Å². The number of benzene rings is 1. The molecule has 1 aromatic carbocycles. The van der Waals surface area contributed by atoms with Crippen molar-refractivity contribution < 1.29 is 4.92 Å². The highest BCUT2D eigenvalue weighted by molar-refractivity contribution is 8.01. The van der Waals surface area contributed by atoms with Crippen LogP contribution in [-0.2, 0) is 0 Å². The Labute approximate surface area is 100 Å². The summed E-state index contributed by atoms with van der Waals surface area (Å²) in [5, 5.41) is 12.7. The summed E-state index contributed by atoms with van der Waals surface area (Å²) in [5.41, 5.74) is 6.51. The quantitative estimate of drug-likeness (QED) is 0.671. The van der Waals surface area contributed by atoms with Crippen molar-refractivity contribution in [1.82, 2.24) is 0 Å². The average molecular weight is 252 g/mol. The van der Waals surface area contributed by atoms with Crippen LogP contribution in [-0.4, -0.2) is 4.92 Å². The molecule has 0 bridgehead atoms. The minimum atomic E-state index is -0.383. The Hall–Kier alpha value is -1.53. The summed E-state index contributed by atoms with van der Waals surface area (Å²) in [6.45, 7) is 0. The summed E-state index contributed by atoms with van der Waals surface area (Å²) >= 11 is 2.81. The molecule has 0 atom stereocenters. The minimum Gasteiger partial charge on any atom is -0.397 e. The van der Waals surface area contributed by atoms with Crippen molar-refractivity contribution in [3.63, 3.8) is 0 Å². The number of rotatable bonds is 3. The highest BCUT2D eigenvalue weighted by Crippen LogP contribution is 2.40. The molecule has 0 spiro atoms. The summed E-state index contributed by atoms with van der Waals surface area (Å²) in [7, 11) is 0. The van der Waals surface area contributed by atoms with Crippen molar-refractivity contribution in [1.29, 1.82) is 0 Å². The van der Waals surface area contributed by atoms with Crippen molar-refractivity contribution in [2.45, 2.75) is 9.10 Å². The highest BCUT2D eigenvalue weighted by atomic mass is 32.2. The molecule has 0 fully saturated rings. The number of nitro benzene ring substituents is 1. The molecule has 82 valence electrons. The molecule has 0 unspecified atom stereocenters. The first-order valence-electron chi connectivity index (χ1n) is 4.42. The van der Waals surface area contributed by atoms with Crippen LogP contribution in [0.5, 0.6) is 0 Å². The van der Waals surface area contributed by atoms with E-state index in [0.717, 1.165) is 4.21 Å². The molecule has 1 aromatic heterocycles. The molecule has 2 rings (SSSR count). The van der Waals surface area contributed by atoms with Gasteiger partial charge in [0.15, 0.2) is 0 Å². The number of hydrogen-bond acceptors (Lipinski definition) is 5. The fraction of sp³-hybridized carbons (Fsp3) is 0. The van der Waals surface area contributed by atoms with E-state index in [2.05, 4.69) is 0 Å². The number of nitro groups is 1. The van der Waals surface area contributed by atoms with Crippen molar-refractivity contribution in [2.24, 2.45) is 0 Å². The Balaban J connectivity index is 2.35. The van der Waals surface area contributed by atoms with Crippen molar-refractivity contribution >= 4 is 34.5 Å². The van der Waals surface area contributed by atoms with Crippen LogP contribution in [0.4, 0.5) is 11.4 Å². The average Bonchev–Trinajstić information content (AvgIpc) is 2.65. The number of nitrogens with two attached hydrogens (primary N) is 1. The van der Waals surface area contributed by atoms with Crippen LogP contribution in [0.15, 0.2) is 44.8 Å². The SMILES string of the molecule is Nc1ccsc1Sc1ccccc1[N+](=O)[O-]. The molecule has 0 aliphatic heterocycles. The third-order valence-electron chi connectivity index (χ3n) is 1.92. The third-order valence-corrected chi connectivity index (χ3v) is 4.17. The molecule has 0 amide bonds. The van der Waals surface area contributed by atoms with Gasteiger partial charge in [-0.3, -0.25) is 10.1 Å². The van der Waals surface area contributed by atoms with Crippen LogP contribution in [0.1, 0.15) is 0 Å². The standard InChI is InChI=1S/C10H8N2O2S2/c11-7-5-6-15-10(7)16-9-4-2-1-3-8(9)12(13)14/h1-6H,11H2. The Bertz CT molecular complexity index is 525. The molecule has 16 heavy (non-hydrogen) atoms. The Morgan fingerprint density at radius 3 is 2.69 bits per heavy atom. The number of thiophene rings is 1. The Morgan fingerprint density at radius 2 is 2.06 bits per heavy atom. The van der Waals surface area contributed by atoms with Gasteiger partial charge in [-0.2, -0.15) is 0 Å². The van der Waals surface area contributed by atoms with Gasteiger partial charge in [-0.1, -0.05) is 23.9 Å². The molecule has 0 saturated carbocycles. The molecule has 0 aliphatic carbocycles. The number of nitrogen functional groups attached to an aromatic ring is 1. The maximum absolute atomic E-state index is 10.8. The summed E-state index contributed by atoms with van der Waals surface area (Å²) < 4.78 is 0.884. The number of anilines is 1. The van der Waals surface area contributed by atoms with Gasteiger partial charge in [0, 0.05) is 6.07 Å². The second kappa shape index (κ2) is 4.54. The summed E-state index contributed by atoms with van der Waals surface area (Å²) in [6, 6.07) is 8.44. The maximum Gasteiger partial charge on any atom is 0.283 e. The molecule has 0 radical (unpaired) electrons. The van der Waals surface area contributed by atoms with Crippen LogP contribution in [0, 0.1) is 10.1 Å². The van der Waals surface area contributed by atoms with Gasteiger partial charge in [-0.25, -0.2) is 0 Å². The van der Waals surface area contributed by atoms with Crippen LogP contribution >= 0.6 is 23.1 Å². The molecule has 6 heteroatoms. The molecular weight excluding hydrogens is 244 g/mol. The normalized spacial score (nSPS) is 10.2. The van der Waals surface area contributed by atoms with E-state index < -0.39 is 0 Å². The monoisotopic (exact) mass is 252 g/mol. The van der Waals surface area contributed by atoms with Gasteiger partial charge in [0.1, 0.15) is 0 Å².